The monoisotopic (exact) mass is 301 g/mol. The van der Waals surface area contributed by atoms with E-state index in [0.717, 1.165) is 10.6 Å². The molecule has 0 radical (unpaired) electrons. The van der Waals surface area contributed by atoms with E-state index in [9.17, 15) is 0 Å². The van der Waals surface area contributed by atoms with Crippen molar-refractivity contribution in [3.63, 3.8) is 0 Å². The van der Waals surface area contributed by atoms with Crippen molar-refractivity contribution >= 4 is 11.6 Å². The van der Waals surface area contributed by atoms with Gasteiger partial charge < -0.3 is 5.32 Å². The first-order chi connectivity index (χ1) is 9.89. The highest BCUT2D eigenvalue weighted by Crippen LogP contribution is 2.35. The average molecular weight is 302 g/mol. The summed E-state index contributed by atoms with van der Waals surface area (Å²) in [5.41, 5.74) is 2.57. The van der Waals surface area contributed by atoms with Gasteiger partial charge in [-0.05, 0) is 29.5 Å². The summed E-state index contributed by atoms with van der Waals surface area (Å²) >= 11 is 6.32. The molecule has 2 atom stereocenters. The lowest BCUT2D eigenvalue weighted by Gasteiger charge is -2.35. The molecule has 2 aromatic carbocycles. The van der Waals surface area contributed by atoms with Crippen LogP contribution in [0.3, 0.4) is 0 Å². The first-order valence-electron chi connectivity index (χ1n) is 7.45. The van der Waals surface area contributed by atoms with Crippen molar-refractivity contribution in [1.82, 2.24) is 5.32 Å². The SMILES string of the molecule is CC(NC(c1ccccc1)C(C)(C)C)c1ccccc1Cl. The highest BCUT2D eigenvalue weighted by atomic mass is 35.5. The normalized spacial score (nSPS) is 14.7. The highest BCUT2D eigenvalue weighted by molar-refractivity contribution is 6.31. The summed E-state index contributed by atoms with van der Waals surface area (Å²) in [5.74, 6) is 0. The first kappa shape index (κ1) is 16.1. The number of hydrogen-bond donors (Lipinski definition) is 1. The summed E-state index contributed by atoms with van der Waals surface area (Å²) in [6.07, 6.45) is 0. The Morgan fingerprint density at radius 2 is 1.48 bits per heavy atom. The van der Waals surface area contributed by atoms with Gasteiger partial charge in [0.2, 0.25) is 0 Å². The molecule has 2 heteroatoms. The van der Waals surface area contributed by atoms with Crippen LogP contribution in [-0.2, 0) is 0 Å². The minimum absolute atomic E-state index is 0.122. The van der Waals surface area contributed by atoms with Crippen LogP contribution >= 0.6 is 11.6 Å². The third-order valence-corrected chi connectivity index (χ3v) is 4.13. The molecule has 0 fully saturated rings. The van der Waals surface area contributed by atoms with Crippen molar-refractivity contribution in [3.05, 3.63) is 70.7 Å². The molecule has 0 aliphatic carbocycles. The van der Waals surface area contributed by atoms with E-state index in [1.807, 2.05) is 18.2 Å². The molecule has 2 aromatic rings. The van der Waals surface area contributed by atoms with E-state index in [1.54, 1.807) is 0 Å². The van der Waals surface area contributed by atoms with Crippen LogP contribution in [0, 0.1) is 5.41 Å². The Morgan fingerprint density at radius 1 is 0.905 bits per heavy atom. The molecule has 21 heavy (non-hydrogen) atoms. The van der Waals surface area contributed by atoms with E-state index in [1.165, 1.54) is 5.56 Å². The van der Waals surface area contributed by atoms with Crippen molar-refractivity contribution in [2.75, 3.05) is 0 Å². The predicted octanol–water partition coefficient (Wildman–Crippen LogP) is 5.78. The lowest BCUT2D eigenvalue weighted by molar-refractivity contribution is 0.254. The molecule has 0 aliphatic heterocycles. The van der Waals surface area contributed by atoms with Crippen LogP contribution in [0.4, 0.5) is 0 Å². The van der Waals surface area contributed by atoms with Crippen molar-refractivity contribution < 1.29 is 0 Å². The molecule has 0 saturated carbocycles. The fourth-order valence-corrected chi connectivity index (χ4v) is 2.96. The molecule has 0 aromatic heterocycles. The van der Waals surface area contributed by atoms with E-state index >= 15 is 0 Å². The Morgan fingerprint density at radius 3 is 2.05 bits per heavy atom. The van der Waals surface area contributed by atoms with E-state index in [0.29, 0.717) is 0 Å². The van der Waals surface area contributed by atoms with Gasteiger partial charge in [0, 0.05) is 17.1 Å². The van der Waals surface area contributed by atoms with Gasteiger partial charge in [-0.25, -0.2) is 0 Å². The third kappa shape index (κ3) is 4.09. The average Bonchev–Trinajstić information content (AvgIpc) is 2.44. The number of halogens is 1. The second-order valence-electron chi connectivity index (χ2n) is 6.62. The zero-order chi connectivity index (χ0) is 15.5. The zero-order valence-corrected chi connectivity index (χ0v) is 14.0. The molecule has 0 heterocycles. The van der Waals surface area contributed by atoms with Crippen LogP contribution in [-0.4, -0.2) is 0 Å². The summed E-state index contributed by atoms with van der Waals surface area (Å²) in [6, 6.07) is 19.1. The molecule has 0 aliphatic rings. The second-order valence-corrected chi connectivity index (χ2v) is 7.03. The van der Waals surface area contributed by atoms with Gasteiger partial charge in [0.1, 0.15) is 0 Å². The summed E-state index contributed by atoms with van der Waals surface area (Å²) in [6.45, 7) is 8.95. The van der Waals surface area contributed by atoms with Crippen LogP contribution < -0.4 is 5.32 Å². The third-order valence-electron chi connectivity index (χ3n) is 3.79. The molecular formula is C19H24ClN. The summed E-state index contributed by atoms with van der Waals surface area (Å²) in [4.78, 5) is 0. The molecule has 1 N–H and O–H groups in total. The van der Waals surface area contributed by atoms with Crippen LogP contribution in [0.5, 0.6) is 0 Å². The van der Waals surface area contributed by atoms with Gasteiger partial charge in [0.15, 0.2) is 0 Å². The standard InChI is InChI=1S/C19H24ClN/c1-14(16-12-8-9-13-17(16)20)21-18(19(2,3)4)15-10-6-5-7-11-15/h5-14,18,21H,1-4H3. The Kier molecular flexibility index (Phi) is 5.08. The van der Waals surface area contributed by atoms with Crippen LogP contribution in [0.25, 0.3) is 0 Å². The highest BCUT2D eigenvalue weighted by Gasteiger charge is 2.27. The molecule has 0 spiro atoms. The fraction of sp³-hybridized carbons (Fsp3) is 0.368. The van der Waals surface area contributed by atoms with Crippen LogP contribution in [0.2, 0.25) is 5.02 Å². The number of rotatable bonds is 4. The maximum atomic E-state index is 6.32. The van der Waals surface area contributed by atoms with Gasteiger partial charge in [-0.15, -0.1) is 0 Å². The summed E-state index contributed by atoms with van der Waals surface area (Å²) < 4.78 is 0. The molecule has 2 unspecified atom stereocenters. The largest absolute Gasteiger partial charge is 0.303 e. The van der Waals surface area contributed by atoms with Gasteiger partial charge in [0.25, 0.3) is 0 Å². The summed E-state index contributed by atoms with van der Waals surface area (Å²) in [5, 5.41) is 4.56. The molecule has 0 saturated heterocycles. The van der Waals surface area contributed by atoms with Crippen LogP contribution in [0.15, 0.2) is 54.6 Å². The Hall–Kier alpha value is -1.31. The minimum Gasteiger partial charge on any atom is -0.303 e. The molecule has 0 amide bonds. The van der Waals surface area contributed by atoms with E-state index in [2.05, 4.69) is 69.4 Å². The Labute approximate surface area is 133 Å². The topological polar surface area (TPSA) is 12.0 Å². The molecule has 0 bridgehead atoms. The molecule has 1 nitrogen and oxygen atoms in total. The lowest BCUT2D eigenvalue weighted by atomic mass is 9.81. The lowest BCUT2D eigenvalue weighted by Crippen LogP contribution is -2.34. The number of nitrogens with one attached hydrogen (secondary N) is 1. The summed E-state index contributed by atoms with van der Waals surface area (Å²) in [7, 11) is 0. The van der Waals surface area contributed by atoms with Gasteiger partial charge >= 0.3 is 0 Å². The van der Waals surface area contributed by atoms with E-state index in [4.69, 9.17) is 11.6 Å². The fourth-order valence-electron chi connectivity index (χ4n) is 2.66. The van der Waals surface area contributed by atoms with E-state index < -0.39 is 0 Å². The van der Waals surface area contributed by atoms with Crippen LogP contribution in [0.1, 0.15) is 50.9 Å². The molecule has 112 valence electrons. The van der Waals surface area contributed by atoms with E-state index in [-0.39, 0.29) is 17.5 Å². The predicted molar refractivity (Wildman–Crippen MR) is 91.6 cm³/mol. The zero-order valence-electron chi connectivity index (χ0n) is 13.2. The van der Waals surface area contributed by atoms with Crippen molar-refractivity contribution in [1.29, 1.82) is 0 Å². The smallest absolute Gasteiger partial charge is 0.0453 e. The van der Waals surface area contributed by atoms with Gasteiger partial charge in [-0.3, -0.25) is 0 Å². The minimum atomic E-state index is 0.122. The van der Waals surface area contributed by atoms with Crippen molar-refractivity contribution in [2.45, 2.75) is 39.8 Å². The first-order valence-corrected chi connectivity index (χ1v) is 7.83. The van der Waals surface area contributed by atoms with Crippen molar-refractivity contribution in [3.8, 4) is 0 Å². The quantitative estimate of drug-likeness (QED) is 0.755. The Balaban J connectivity index is 2.26. The molecule has 2 rings (SSSR count). The maximum absolute atomic E-state index is 6.32. The number of benzene rings is 2. The van der Waals surface area contributed by atoms with Gasteiger partial charge in [-0.1, -0.05) is 80.9 Å². The number of hydrogen-bond acceptors (Lipinski definition) is 1. The second kappa shape index (κ2) is 6.64. The Bertz CT molecular complexity index is 572. The van der Waals surface area contributed by atoms with Gasteiger partial charge in [0.05, 0.1) is 0 Å². The van der Waals surface area contributed by atoms with Crippen molar-refractivity contribution in [2.24, 2.45) is 5.41 Å². The maximum Gasteiger partial charge on any atom is 0.0453 e. The van der Waals surface area contributed by atoms with Gasteiger partial charge in [-0.2, -0.15) is 0 Å². The molecular weight excluding hydrogens is 278 g/mol.